The van der Waals surface area contributed by atoms with Crippen molar-refractivity contribution in [1.29, 1.82) is 0 Å². The summed E-state index contributed by atoms with van der Waals surface area (Å²) in [5.41, 5.74) is -0.170. The molecular weight excluding hydrogens is 272 g/mol. The van der Waals surface area contributed by atoms with Gasteiger partial charge in [0.1, 0.15) is 0 Å². The zero-order chi connectivity index (χ0) is 15.8. The second-order valence-electron chi connectivity index (χ2n) is 9.29. The fraction of sp³-hybridized carbons (Fsp3) is 0.850. The van der Waals surface area contributed by atoms with Gasteiger partial charge in [-0.25, -0.2) is 0 Å². The summed E-state index contributed by atoms with van der Waals surface area (Å²) >= 11 is 0. The monoisotopic (exact) mass is 302 g/mol. The van der Waals surface area contributed by atoms with Gasteiger partial charge < -0.3 is 5.11 Å². The number of hydrogen-bond acceptors (Lipinski definition) is 2. The molecule has 122 valence electrons. The Morgan fingerprint density at radius 3 is 2.55 bits per heavy atom. The number of aliphatic hydroxyl groups is 1. The van der Waals surface area contributed by atoms with Crippen LogP contribution in [0.25, 0.3) is 0 Å². The Morgan fingerprint density at radius 2 is 1.77 bits per heavy atom. The molecule has 1 N–H and O–H groups in total. The number of carbonyl (C=O) groups is 1. The minimum absolute atomic E-state index is 0.103. The summed E-state index contributed by atoms with van der Waals surface area (Å²) in [6.45, 7) is 6.82. The van der Waals surface area contributed by atoms with E-state index in [0.29, 0.717) is 23.5 Å². The highest BCUT2D eigenvalue weighted by Crippen LogP contribution is 2.67. The third-order valence-corrected chi connectivity index (χ3v) is 8.60. The first kappa shape index (κ1) is 14.9. The molecule has 0 aromatic carbocycles. The van der Waals surface area contributed by atoms with E-state index < -0.39 is 5.60 Å². The van der Waals surface area contributed by atoms with Gasteiger partial charge in [-0.05, 0) is 86.0 Å². The van der Waals surface area contributed by atoms with Gasteiger partial charge in [0.25, 0.3) is 0 Å². The SMILES string of the molecule is C[C@]1(O)CCC2C3CC[C@H]4CC(=O)C=C[C@]4(C)C3CC[C@@]21C. The molecule has 3 fully saturated rings. The maximum atomic E-state index is 11.8. The highest BCUT2D eigenvalue weighted by molar-refractivity contribution is 5.91. The average Bonchev–Trinajstić information content (AvgIpc) is 2.70. The lowest BCUT2D eigenvalue weighted by Gasteiger charge is -2.59. The van der Waals surface area contributed by atoms with Gasteiger partial charge in [-0.1, -0.05) is 19.9 Å². The molecule has 0 radical (unpaired) electrons. The molecule has 0 heterocycles. The number of carbonyl (C=O) groups excluding carboxylic acids is 1. The Bertz CT molecular complexity index is 534. The lowest BCUT2D eigenvalue weighted by atomic mass is 9.45. The van der Waals surface area contributed by atoms with E-state index >= 15 is 0 Å². The number of rotatable bonds is 0. The molecule has 3 saturated carbocycles. The molecule has 0 aromatic heterocycles. The first-order chi connectivity index (χ1) is 10.3. The van der Waals surface area contributed by atoms with Crippen LogP contribution in [0.3, 0.4) is 0 Å². The zero-order valence-electron chi connectivity index (χ0n) is 14.3. The van der Waals surface area contributed by atoms with E-state index in [1.54, 1.807) is 0 Å². The highest BCUT2D eigenvalue weighted by atomic mass is 16.3. The molecule has 3 unspecified atom stereocenters. The molecule has 7 atom stereocenters. The lowest BCUT2D eigenvalue weighted by Crippen LogP contribution is -2.55. The van der Waals surface area contributed by atoms with Gasteiger partial charge in [0.15, 0.2) is 5.78 Å². The van der Waals surface area contributed by atoms with Crippen molar-refractivity contribution in [2.24, 2.45) is 34.5 Å². The van der Waals surface area contributed by atoms with Crippen molar-refractivity contribution in [3.05, 3.63) is 12.2 Å². The predicted octanol–water partition coefficient (Wildman–Crippen LogP) is 4.13. The van der Waals surface area contributed by atoms with Crippen molar-refractivity contribution in [3.8, 4) is 0 Å². The quantitative estimate of drug-likeness (QED) is 0.730. The smallest absolute Gasteiger partial charge is 0.155 e. The van der Waals surface area contributed by atoms with E-state index in [2.05, 4.69) is 26.8 Å². The third-order valence-electron chi connectivity index (χ3n) is 8.60. The van der Waals surface area contributed by atoms with E-state index in [9.17, 15) is 9.90 Å². The molecule has 0 bridgehead atoms. The van der Waals surface area contributed by atoms with Crippen molar-refractivity contribution < 1.29 is 9.90 Å². The second-order valence-corrected chi connectivity index (χ2v) is 9.29. The molecule has 22 heavy (non-hydrogen) atoms. The molecule has 0 saturated heterocycles. The van der Waals surface area contributed by atoms with Crippen LogP contribution in [0.1, 0.15) is 65.7 Å². The molecule has 0 aliphatic heterocycles. The van der Waals surface area contributed by atoms with Crippen LogP contribution in [-0.4, -0.2) is 16.5 Å². The van der Waals surface area contributed by atoms with Crippen LogP contribution in [0.4, 0.5) is 0 Å². The topological polar surface area (TPSA) is 37.3 Å². The van der Waals surface area contributed by atoms with Gasteiger partial charge in [-0.15, -0.1) is 0 Å². The Balaban J connectivity index is 1.69. The Kier molecular flexibility index (Phi) is 3.03. The summed E-state index contributed by atoms with van der Waals surface area (Å²) < 4.78 is 0. The minimum atomic E-state index is -0.487. The molecule has 4 rings (SSSR count). The van der Waals surface area contributed by atoms with Crippen molar-refractivity contribution in [2.45, 2.75) is 71.3 Å². The Labute approximate surface area is 134 Å². The van der Waals surface area contributed by atoms with Crippen LogP contribution in [0.2, 0.25) is 0 Å². The molecular formula is C20H30O2. The molecule has 2 heteroatoms. The van der Waals surface area contributed by atoms with Crippen LogP contribution in [-0.2, 0) is 4.79 Å². The molecule has 4 aliphatic rings. The van der Waals surface area contributed by atoms with E-state index in [-0.39, 0.29) is 10.8 Å². The van der Waals surface area contributed by atoms with Gasteiger partial charge in [0.05, 0.1) is 5.60 Å². The zero-order valence-corrected chi connectivity index (χ0v) is 14.3. The fourth-order valence-corrected chi connectivity index (χ4v) is 6.88. The van der Waals surface area contributed by atoms with Crippen molar-refractivity contribution in [3.63, 3.8) is 0 Å². The highest BCUT2D eigenvalue weighted by Gasteiger charge is 2.62. The fourth-order valence-electron chi connectivity index (χ4n) is 6.88. The summed E-state index contributed by atoms with van der Waals surface area (Å²) in [6.07, 6.45) is 11.9. The second kappa shape index (κ2) is 4.47. The van der Waals surface area contributed by atoms with Gasteiger partial charge in [-0.2, -0.15) is 0 Å². The van der Waals surface area contributed by atoms with Crippen LogP contribution in [0, 0.1) is 34.5 Å². The van der Waals surface area contributed by atoms with Gasteiger partial charge in [0.2, 0.25) is 0 Å². The third kappa shape index (κ3) is 1.74. The van der Waals surface area contributed by atoms with Gasteiger partial charge in [0, 0.05) is 6.42 Å². The normalized spacial score (nSPS) is 57.2. The molecule has 4 aliphatic carbocycles. The number of fused-ring (bicyclic) bond motifs is 5. The Morgan fingerprint density at radius 1 is 1.05 bits per heavy atom. The van der Waals surface area contributed by atoms with Gasteiger partial charge >= 0.3 is 0 Å². The standard InChI is InChI=1S/C20H30O2/c1-18-9-6-14(21)12-13(18)4-5-15-16(18)7-10-19(2)17(15)8-11-20(19,3)22/h6,9,13,15-17,22H,4-5,7-8,10-12H2,1-3H3/t13-,15?,16?,17?,18-,19-,20-/m0/s1. The summed E-state index contributed by atoms with van der Waals surface area (Å²) in [4.78, 5) is 11.8. The van der Waals surface area contributed by atoms with E-state index in [1.807, 2.05) is 6.08 Å². The Hall–Kier alpha value is -0.630. The van der Waals surface area contributed by atoms with Crippen LogP contribution >= 0.6 is 0 Å². The number of hydrogen-bond donors (Lipinski definition) is 1. The average molecular weight is 302 g/mol. The van der Waals surface area contributed by atoms with Crippen molar-refractivity contribution >= 4 is 5.78 Å². The van der Waals surface area contributed by atoms with Crippen LogP contribution in [0.15, 0.2) is 12.2 Å². The number of allylic oxidation sites excluding steroid dienone is 2. The van der Waals surface area contributed by atoms with Crippen molar-refractivity contribution in [2.75, 3.05) is 0 Å². The van der Waals surface area contributed by atoms with Crippen molar-refractivity contribution in [1.82, 2.24) is 0 Å². The van der Waals surface area contributed by atoms with Crippen LogP contribution < -0.4 is 0 Å². The molecule has 0 amide bonds. The first-order valence-electron chi connectivity index (χ1n) is 9.22. The number of ketones is 1. The summed E-state index contributed by atoms with van der Waals surface area (Å²) in [5, 5.41) is 10.9. The summed E-state index contributed by atoms with van der Waals surface area (Å²) in [5.74, 6) is 3.00. The van der Waals surface area contributed by atoms with Crippen LogP contribution in [0.5, 0.6) is 0 Å². The largest absolute Gasteiger partial charge is 0.390 e. The first-order valence-corrected chi connectivity index (χ1v) is 9.22. The van der Waals surface area contributed by atoms with E-state index in [4.69, 9.17) is 0 Å². The molecule has 0 aromatic rings. The lowest BCUT2D eigenvalue weighted by molar-refractivity contribution is -0.135. The maximum Gasteiger partial charge on any atom is 0.155 e. The maximum absolute atomic E-state index is 11.8. The predicted molar refractivity (Wildman–Crippen MR) is 87.3 cm³/mol. The minimum Gasteiger partial charge on any atom is -0.390 e. The van der Waals surface area contributed by atoms with E-state index in [0.717, 1.165) is 25.2 Å². The van der Waals surface area contributed by atoms with Gasteiger partial charge in [-0.3, -0.25) is 4.79 Å². The summed E-state index contributed by atoms with van der Waals surface area (Å²) in [6, 6.07) is 0. The molecule has 0 spiro atoms. The summed E-state index contributed by atoms with van der Waals surface area (Å²) in [7, 11) is 0. The molecule has 2 nitrogen and oxygen atoms in total. The van der Waals surface area contributed by atoms with E-state index in [1.165, 1.54) is 25.7 Å².